The second-order valence-electron chi connectivity index (χ2n) is 8.42. The molecule has 1 saturated heterocycles. The largest absolute Gasteiger partial charge is 0.445 e. The van der Waals surface area contributed by atoms with Gasteiger partial charge in [-0.25, -0.2) is 15.0 Å². The zero-order valence-electron chi connectivity index (χ0n) is 18.7. The van der Waals surface area contributed by atoms with Gasteiger partial charge in [0.2, 0.25) is 0 Å². The number of hydrogen-bond donors (Lipinski definition) is 2. The zero-order valence-corrected chi connectivity index (χ0v) is 18.7. The van der Waals surface area contributed by atoms with Crippen molar-refractivity contribution < 1.29 is 28.9 Å². The SMILES string of the molecule is COC(O)CC/C(=N\NC(=O)OC(C)(C)C)C1CCN(C(=O)OCc2ccccc2)C1. The summed E-state index contributed by atoms with van der Waals surface area (Å²) in [5.41, 5.74) is 3.37. The molecule has 9 nitrogen and oxygen atoms in total. The number of hydrogen-bond acceptors (Lipinski definition) is 7. The summed E-state index contributed by atoms with van der Waals surface area (Å²) in [5.74, 6) is -0.0664. The first kappa shape index (κ1) is 24.6. The third kappa shape index (κ3) is 8.94. The predicted molar refractivity (Wildman–Crippen MR) is 115 cm³/mol. The Bertz CT molecular complexity index is 747. The van der Waals surface area contributed by atoms with Gasteiger partial charge in [0.15, 0.2) is 6.29 Å². The number of carbonyl (C=O) groups is 2. The normalized spacial score (nSPS) is 17.9. The summed E-state index contributed by atoms with van der Waals surface area (Å²) in [7, 11) is 1.42. The summed E-state index contributed by atoms with van der Waals surface area (Å²) in [6, 6.07) is 9.49. The van der Waals surface area contributed by atoms with E-state index in [-0.39, 0.29) is 18.6 Å². The molecule has 1 heterocycles. The minimum atomic E-state index is -0.930. The zero-order chi connectivity index (χ0) is 22.9. The highest BCUT2D eigenvalue weighted by atomic mass is 16.6. The number of likely N-dealkylation sites (tertiary alicyclic amines) is 1. The third-order valence-corrected chi connectivity index (χ3v) is 4.73. The number of methoxy groups -OCH3 is 1. The first-order valence-electron chi connectivity index (χ1n) is 10.4. The Balaban J connectivity index is 1.95. The van der Waals surface area contributed by atoms with Crippen LogP contribution in [0, 0.1) is 5.92 Å². The van der Waals surface area contributed by atoms with E-state index in [4.69, 9.17) is 14.2 Å². The van der Waals surface area contributed by atoms with Crippen molar-refractivity contribution in [2.75, 3.05) is 20.2 Å². The summed E-state index contributed by atoms with van der Waals surface area (Å²) < 4.78 is 15.5. The maximum Gasteiger partial charge on any atom is 0.428 e. The molecule has 2 atom stereocenters. The van der Waals surface area contributed by atoms with Crippen LogP contribution < -0.4 is 5.43 Å². The molecule has 2 rings (SSSR count). The molecule has 1 aliphatic heterocycles. The van der Waals surface area contributed by atoms with Crippen LogP contribution in [-0.2, 0) is 20.8 Å². The van der Waals surface area contributed by atoms with Crippen LogP contribution in [0.5, 0.6) is 0 Å². The van der Waals surface area contributed by atoms with Crippen LogP contribution >= 0.6 is 0 Å². The molecule has 1 aliphatic rings. The highest BCUT2D eigenvalue weighted by molar-refractivity contribution is 5.88. The van der Waals surface area contributed by atoms with Crippen molar-refractivity contribution in [2.45, 2.75) is 58.5 Å². The van der Waals surface area contributed by atoms with Crippen molar-refractivity contribution in [1.82, 2.24) is 10.3 Å². The maximum absolute atomic E-state index is 12.4. The van der Waals surface area contributed by atoms with E-state index in [1.807, 2.05) is 30.3 Å². The van der Waals surface area contributed by atoms with Gasteiger partial charge in [0.05, 0.1) is 0 Å². The van der Waals surface area contributed by atoms with Gasteiger partial charge in [-0.05, 0) is 39.2 Å². The second-order valence-corrected chi connectivity index (χ2v) is 8.42. The summed E-state index contributed by atoms with van der Waals surface area (Å²) in [6.07, 6.45) is -0.571. The van der Waals surface area contributed by atoms with E-state index in [0.717, 1.165) is 5.56 Å². The van der Waals surface area contributed by atoms with Gasteiger partial charge in [-0.3, -0.25) is 0 Å². The molecule has 0 bridgehead atoms. The lowest BCUT2D eigenvalue weighted by molar-refractivity contribution is -0.0768. The molecule has 0 aromatic heterocycles. The van der Waals surface area contributed by atoms with Crippen molar-refractivity contribution >= 4 is 17.9 Å². The lowest BCUT2D eigenvalue weighted by Gasteiger charge is -2.20. The van der Waals surface area contributed by atoms with Gasteiger partial charge < -0.3 is 24.2 Å². The third-order valence-electron chi connectivity index (χ3n) is 4.73. The molecule has 2 unspecified atom stereocenters. The fraction of sp³-hybridized carbons (Fsp3) is 0.591. The molecule has 2 N–H and O–H groups in total. The Labute approximate surface area is 183 Å². The summed E-state index contributed by atoms with van der Waals surface area (Å²) in [6.45, 7) is 6.45. The van der Waals surface area contributed by atoms with E-state index in [1.165, 1.54) is 7.11 Å². The van der Waals surface area contributed by atoms with Crippen LogP contribution in [0.2, 0.25) is 0 Å². The van der Waals surface area contributed by atoms with Gasteiger partial charge in [0, 0.05) is 38.2 Å². The number of carbonyl (C=O) groups excluding carboxylic acids is 2. The number of amides is 2. The number of ether oxygens (including phenoxy) is 3. The molecule has 9 heteroatoms. The van der Waals surface area contributed by atoms with Gasteiger partial charge in [-0.2, -0.15) is 5.10 Å². The monoisotopic (exact) mass is 435 g/mol. The molecule has 0 saturated carbocycles. The summed E-state index contributed by atoms with van der Waals surface area (Å²) in [4.78, 5) is 26.0. The first-order chi connectivity index (χ1) is 14.7. The number of aliphatic hydroxyl groups excluding tert-OH is 1. The molecule has 0 aliphatic carbocycles. The maximum atomic E-state index is 12.4. The Morgan fingerprint density at radius 1 is 1.29 bits per heavy atom. The summed E-state index contributed by atoms with van der Waals surface area (Å²) in [5, 5.41) is 14.0. The number of nitrogens with one attached hydrogen (secondary N) is 1. The lowest BCUT2D eigenvalue weighted by atomic mass is 9.98. The Morgan fingerprint density at radius 2 is 2.00 bits per heavy atom. The van der Waals surface area contributed by atoms with Crippen molar-refractivity contribution in [3.8, 4) is 0 Å². The molecule has 2 amide bonds. The van der Waals surface area contributed by atoms with Gasteiger partial charge in [0.1, 0.15) is 12.2 Å². The quantitative estimate of drug-likeness (QED) is 0.368. The smallest absolute Gasteiger partial charge is 0.428 e. The minimum absolute atomic E-state index is 0.0664. The van der Waals surface area contributed by atoms with E-state index in [9.17, 15) is 14.7 Å². The van der Waals surface area contributed by atoms with Crippen LogP contribution in [0.1, 0.15) is 45.6 Å². The molecular weight excluding hydrogens is 402 g/mol. The number of aliphatic hydroxyl groups is 1. The van der Waals surface area contributed by atoms with E-state index in [2.05, 4.69) is 10.5 Å². The van der Waals surface area contributed by atoms with E-state index < -0.39 is 18.0 Å². The van der Waals surface area contributed by atoms with Crippen molar-refractivity contribution in [3.05, 3.63) is 35.9 Å². The van der Waals surface area contributed by atoms with Crippen LogP contribution in [0.25, 0.3) is 0 Å². The van der Waals surface area contributed by atoms with Crippen LogP contribution in [-0.4, -0.2) is 60.0 Å². The molecule has 1 fully saturated rings. The molecule has 31 heavy (non-hydrogen) atoms. The predicted octanol–water partition coefficient (Wildman–Crippen LogP) is 3.27. The van der Waals surface area contributed by atoms with Gasteiger partial charge in [-0.15, -0.1) is 0 Å². The number of benzene rings is 1. The van der Waals surface area contributed by atoms with Crippen LogP contribution in [0.3, 0.4) is 0 Å². The number of rotatable bonds is 8. The van der Waals surface area contributed by atoms with Gasteiger partial charge in [0.25, 0.3) is 0 Å². The Morgan fingerprint density at radius 3 is 2.65 bits per heavy atom. The molecular formula is C22H33N3O6. The second kappa shape index (κ2) is 11.7. The Kier molecular flexibility index (Phi) is 9.26. The topological polar surface area (TPSA) is 110 Å². The standard InChI is InChI=1S/C22H33N3O6/c1-22(2,3)31-20(27)24-23-18(10-11-19(26)29-4)17-12-13-25(14-17)21(28)30-15-16-8-6-5-7-9-16/h5-9,17,19,26H,10-15H2,1-4H3,(H,24,27)/b23-18+. The first-order valence-corrected chi connectivity index (χ1v) is 10.4. The van der Waals surface area contributed by atoms with E-state index in [1.54, 1.807) is 25.7 Å². The average molecular weight is 436 g/mol. The number of hydrazone groups is 1. The lowest BCUT2D eigenvalue weighted by Crippen LogP contribution is -2.33. The van der Waals surface area contributed by atoms with E-state index in [0.29, 0.717) is 38.1 Å². The van der Waals surface area contributed by atoms with Gasteiger partial charge >= 0.3 is 12.2 Å². The minimum Gasteiger partial charge on any atom is -0.445 e. The van der Waals surface area contributed by atoms with Crippen molar-refractivity contribution in [1.29, 1.82) is 0 Å². The van der Waals surface area contributed by atoms with Gasteiger partial charge in [-0.1, -0.05) is 30.3 Å². The van der Waals surface area contributed by atoms with Crippen LogP contribution in [0.15, 0.2) is 35.4 Å². The molecule has 172 valence electrons. The fourth-order valence-electron chi connectivity index (χ4n) is 3.17. The Hall–Kier alpha value is -2.65. The summed E-state index contributed by atoms with van der Waals surface area (Å²) >= 11 is 0. The average Bonchev–Trinajstić information content (AvgIpc) is 3.21. The molecule has 1 aromatic rings. The number of nitrogens with zero attached hydrogens (tertiary/aromatic N) is 2. The van der Waals surface area contributed by atoms with Crippen molar-refractivity contribution in [3.63, 3.8) is 0 Å². The highest BCUT2D eigenvalue weighted by Gasteiger charge is 2.31. The molecule has 0 radical (unpaired) electrons. The fourth-order valence-corrected chi connectivity index (χ4v) is 3.17. The van der Waals surface area contributed by atoms with E-state index >= 15 is 0 Å². The van der Waals surface area contributed by atoms with Crippen molar-refractivity contribution in [2.24, 2.45) is 11.0 Å². The molecule has 1 aromatic carbocycles. The van der Waals surface area contributed by atoms with Crippen LogP contribution in [0.4, 0.5) is 9.59 Å². The molecule has 0 spiro atoms. The highest BCUT2D eigenvalue weighted by Crippen LogP contribution is 2.22.